The molecule has 0 aliphatic carbocycles. The average molecular weight is 205 g/mol. The van der Waals surface area contributed by atoms with E-state index in [4.69, 9.17) is 27.1 Å². The molecule has 3 N–H and O–H groups in total. The summed E-state index contributed by atoms with van der Waals surface area (Å²) in [5.41, 5.74) is -0.478. The van der Waals surface area contributed by atoms with Crippen LogP contribution in [0.15, 0.2) is 12.3 Å². The first-order valence-electron chi connectivity index (χ1n) is 3.09. The third-order valence-electron chi connectivity index (χ3n) is 1.28. The Morgan fingerprint density at radius 1 is 1.54 bits per heavy atom. The first-order chi connectivity index (χ1) is 6.02. The zero-order valence-electron chi connectivity index (χ0n) is 6.18. The van der Waals surface area contributed by atoms with Gasteiger partial charge in [-0.15, -0.1) is 5.23 Å². The van der Waals surface area contributed by atoms with E-state index < -0.39 is 5.97 Å². The van der Waals surface area contributed by atoms with E-state index in [0.29, 0.717) is 0 Å². The summed E-state index contributed by atoms with van der Waals surface area (Å²) in [6.45, 7) is 0. The topological polar surface area (TPSA) is 93.9 Å². The SMILES string of the molecule is O=C(O)c1cnc(Cl)c(N(O)O)c1. The Bertz CT molecular complexity index is 341. The van der Waals surface area contributed by atoms with E-state index in [9.17, 15) is 4.79 Å². The largest absolute Gasteiger partial charge is 0.478 e. The van der Waals surface area contributed by atoms with Crippen molar-refractivity contribution in [3.8, 4) is 0 Å². The lowest BCUT2D eigenvalue weighted by atomic mass is 10.3. The Morgan fingerprint density at radius 2 is 2.15 bits per heavy atom. The van der Waals surface area contributed by atoms with Gasteiger partial charge in [0.25, 0.3) is 0 Å². The molecular weight excluding hydrogens is 200 g/mol. The van der Waals surface area contributed by atoms with Gasteiger partial charge < -0.3 is 5.11 Å². The summed E-state index contributed by atoms with van der Waals surface area (Å²) in [4.78, 5) is 13.9. The number of carboxylic acids is 1. The number of nitrogens with zero attached hydrogens (tertiary/aromatic N) is 2. The maximum atomic E-state index is 10.4. The Kier molecular flexibility index (Phi) is 2.66. The summed E-state index contributed by atoms with van der Waals surface area (Å²) in [5, 5.41) is 25.2. The number of hydrogen-bond donors (Lipinski definition) is 3. The van der Waals surface area contributed by atoms with Crippen LogP contribution in [0.1, 0.15) is 10.4 Å². The molecule has 0 aromatic carbocycles. The van der Waals surface area contributed by atoms with E-state index in [2.05, 4.69) is 4.98 Å². The zero-order valence-corrected chi connectivity index (χ0v) is 6.93. The monoisotopic (exact) mass is 204 g/mol. The molecule has 0 bridgehead atoms. The minimum atomic E-state index is -1.23. The van der Waals surface area contributed by atoms with Gasteiger partial charge in [-0.25, -0.2) is 9.78 Å². The van der Waals surface area contributed by atoms with Gasteiger partial charge in [0.05, 0.1) is 5.56 Å². The minimum absolute atomic E-state index is 0.187. The maximum Gasteiger partial charge on any atom is 0.337 e. The van der Waals surface area contributed by atoms with Crippen molar-refractivity contribution in [2.75, 3.05) is 5.23 Å². The normalized spacial score (nSPS) is 9.77. The second kappa shape index (κ2) is 3.56. The molecule has 6 nitrogen and oxygen atoms in total. The summed E-state index contributed by atoms with van der Waals surface area (Å²) < 4.78 is 0. The van der Waals surface area contributed by atoms with Crippen LogP contribution in [0, 0.1) is 0 Å². The highest BCUT2D eigenvalue weighted by Crippen LogP contribution is 2.22. The smallest absolute Gasteiger partial charge is 0.337 e. The highest BCUT2D eigenvalue weighted by molar-refractivity contribution is 6.32. The molecule has 0 unspecified atom stereocenters. The number of aromatic nitrogens is 1. The highest BCUT2D eigenvalue weighted by atomic mass is 35.5. The fourth-order valence-corrected chi connectivity index (χ4v) is 0.873. The van der Waals surface area contributed by atoms with Crippen LogP contribution in [0.5, 0.6) is 0 Å². The van der Waals surface area contributed by atoms with Gasteiger partial charge in [-0.05, 0) is 6.07 Å². The number of hydrogen-bond acceptors (Lipinski definition) is 5. The minimum Gasteiger partial charge on any atom is -0.478 e. The summed E-state index contributed by atoms with van der Waals surface area (Å²) in [5.74, 6) is -1.23. The number of aromatic carboxylic acids is 1. The third-order valence-corrected chi connectivity index (χ3v) is 1.57. The van der Waals surface area contributed by atoms with Crippen molar-refractivity contribution >= 4 is 23.3 Å². The highest BCUT2D eigenvalue weighted by Gasteiger charge is 2.11. The Balaban J connectivity index is 3.19. The molecule has 0 spiro atoms. The van der Waals surface area contributed by atoms with E-state index >= 15 is 0 Å². The summed E-state index contributed by atoms with van der Waals surface area (Å²) in [7, 11) is 0. The van der Waals surface area contributed by atoms with Gasteiger partial charge in [0.1, 0.15) is 5.69 Å². The average Bonchev–Trinajstić information content (AvgIpc) is 2.04. The van der Waals surface area contributed by atoms with Crippen molar-refractivity contribution in [3.05, 3.63) is 23.0 Å². The Morgan fingerprint density at radius 3 is 2.62 bits per heavy atom. The molecule has 1 rings (SSSR count). The van der Waals surface area contributed by atoms with E-state index in [1.165, 1.54) is 0 Å². The van der Waals surface area contributed by atoms with Gasteiger partial charge in [0.15, 0.2) is 5.15 Å². The quantitative estimate of drug-likeness (QED) is 0.492. The maximum absolute atomic E-state index is 10.4. The van der Waals surface area contributed by atoms with Crippen molar-refractivity contribution in [3.63, 3.8) is 0 Å². The third kappa shape index (κ3) is 2.05. The molecule has 0 amide bonds. The van der Waals surface area contributed by atoms with Crippen LogP contribution in [0.3, 0.4) is 0 Å². The summed E-state index contributed by atoms with van der Waals surface area (Å²) >= 11 is 5.43. The molecular formula is C6H5ClN2O4. The number of rotatable bonds is 2. The van der Waals surface area contributed by atoms with E-state index in [0.717, 1.165) is 12.3 Å². The molecule has 70 valence electrons. The first kappa shape index (κ1) is 9.72. The number of carbonyl (C=O) groups is 1. The number of halogens is 1. The molecule has 0 radical (unpaired) electrons. The van der Waals surface area contributed by atoms with Crippen LogP contribution < -0.4 is 5.23 Å². The van der Waals surface area contributed by atoms with Crippen molar-refractivity contribution in [1.82, 2.24) is 4.98 Å². The fraction of sp³-hybridized carbons (Fsp3) is 0. The van der Waals surface area contributed by atoms with Crippen molar-refractivity contribution in [2.24, 2.45) is 0 Å². The van der Waals surface area contributed by atoms with Crippen molar-refractivity contribution in [1.29, 1.82) is 0 Å². The fourth-order valence-electron chi connectivity index (χ4n) is 0.694. The lowest BCUT2D eigenvalue weighted by molar-refractivity contribution is 0.0290. The number of pyridine rings is 1. The molecule has 1 aromatic rings. The van der Waals surface area contributed by atoms with Gasteiger partial charge in [-0.2, -0.15) is 0 Å². The van der Waals surface area contributed by atoms with Gasteiger partial charge in [-0.3, -0.25) is 10.4 Å². The van der Waals surface area contributed by atoms with Crippen LogP contribution in [0.4, 0.5) is 5.69 Å². The predicted molar refractivity (Wildman–Crippen MR) is 42.3 cm³/mol. The molecule has 0 saturated heterocycles. The number of carboxylic acid groups (broad SMARTS) is 1. The van der Waals surface area contributed by atoms with Gasteiger partial charge in [0, 0.05) is 6.20 Å². The molecule has 13 heavy (non-hydrogen) atoms. The molecule has 7 heteroatoms. The van der Waals surface area contributed by atoms with Crippen molar-refractivity contribution < 1.29 is 20.3 Å². The van der Waals surface area contributed by atoms with Gasteiger partial charge >= 0.3 is 5.97 Å². The van der Waals surface area contributed by atoms with E-state index in [1.54, 1.807) is 0 Å². The lowest BCUT2D eigenvalue weighted by Crippen LogP contribution is -2.13. The lowest BCUT2D eigenvalue weighted by Gasteiger charge is -2.08. The molecule has 1 aromatic heterocycles. The summed E-state index contributed by atoms with van der Waals surface area (Å²) in [6.07, 6.45) is 1.01. The molecule has 0 aliphatic heterocycles. The standard InChI is InChI=1S/C6H5ClN2O4/c7-5-4(9(12)13)1-3(2-8-5)6(10)11/h1-2,12-13H,(H,10,11). The van der Waals surface area contributed by atoms with Crippen molar-refractivity contribution in [2.45, 2.75) is 0 Å². The first-order valence-corrected chi connectivity index (χ1v) is 3.47. The molecule has 0 saturated carbocycles. The van der Waals surface area contributed by atoms with Crippen LogP contribution in [0.2, 0.25) is 5.15 Å². The summed E-state index contributed by atoms with van der Waals surface area (Å²) in [6, 6.07) is 0.984. The second-order valence-electron chi connectivity index (χ2n) is 2.13. The van der Waals surface area contributed by atoms with Gasteiger partial charge in [-0.1, -0.05) is 11.6 Å². The van der Waals surface area contributed by atoms with Crippen LogP contribution in [0.25, 0.3) is 0 Å². The van der Waals surface area contributed by atoms with E-state index in [1.807, 2.05) is 0 Å². The molecule has 0 fully saturated rings. The van der Waals surface area contributed by atoms with E-state index in [-0.39, 0.29) is 21.6 Å². The van der Waals surface area contributed by atoms with Crippen LogP contribution in [-0.2, 0) is 0 Å². The molecule has 0 aliphatic rings. The molecule has 0 atom stereocenters. The molecule has 1 heterocycles. The predicted octanol–water partition coefficient (Wildman–Crippen LogP) is 1.02. The Labute approximate surface area is 77.5 Å². The number of anilines is 1. The zero-order chi connectivity index (χ0) is 10.0. The second-order valence-corrected chi connectivity index (χ2v) is 2.49. The Hall–Kier alpha value is -1.37. The van der Waals surface area contributed by atoms with Crippen LogP contribution in [-0.4, -0.2) is 26.5 Å². The van der Waals surface area contributed by atoms with Gasteiger partial charge in [0.2, 0.25) is 0 Å². The van der Waals surface area contributed by atoms with Crippen LogP contribution >= 0.6 is 11.6 Å².